The standard InChI is InChI=1S/C40H47N5O8S/c1-39(2,3)35-37(48)45-23-27(53-33-21-30(24-11-7-5-8-12-24)41-31-19-26(52-4)15-18-29(31)33)20-32(45)36(47)43-40(38(49)44-54(50,51)28-16-17-28)22-25(40)13-9-6-10-14-34(46)42-35/h5,7-9,11-13,15,18-19,21,25,27-28,32,35H,6,10,14,16-17,20,22-23H2,1-4H3,(H,42,46)(H,43,47)(H,44,49)/b13-9-/t25-,27-,32+,35+,40-/m1/s1. The van der Waals surface area contributed by atoms with Gasteiger partial charge in [-0.15, -0.1) is 0 Å². The summed E-state index contributed by atoms with van der Waals surface area (Å²) in [7, 11) is -2.32. The van der Waals surface area contributed by atoms with Crippen molar-refractivity contribution >= 4 is 44.6 Å². The summed E-state index contributed by atoms with van der Waals surface area (Å²) in [6, 6.07) is 14.9. The maximum atomic E-state index is 14.6. The molecule has 2 aliphatic heterocycles. The molecule has 0 unspecified atom stereocenters. The molecule has 3 aromatic rings. The fourth-order valence-corrected chi connectivity index (χ4v) is 8.73. The minimum atomic E-state index is -3.89. The molecular formula is C40H47N5O8S. The Bertz CT molecular complexity index is 2110. The lowest BCUT2D eigenvalue weighted by atomic mass is 9.85. The van der Waals surface area contributed by atoms with E-state index in [1.54, 1.807) is 19.3 Å². The van der Waals surface area contributed by atoms with Crippen LogP contribution >= 0.6 is 0 Å². The van der Waals surface area contributed by atoms with Crippen molar-refractivity contribution in [3.05, 3.63) is 66.7 Å². The summed E-state index contributed by atoms with van der Waals surface area (Å²) >= 11 is 0. The van der Waals surface area contributed by atoms with Crippen molar-refractivity contribution < 1.29 is 37.1 Å². The van der Waals surface area contributed by atoms with Crippen LogP contribution in [0.4, 0.5) is 0 Å². The maximum Gasteiger partial charge on any atom is 0.259 e. The van der Waals surface area contributed by atoms with Gasteiger partial charge in [-0.25, -0.2) is 13.4 Å². The Morgan fingerprint density at radius 1 is 1.06 bits per heavy atom. The number of nitrogens with one attached hydrogen (secondary N) is 3. The van der Waals surface area contributed by atoms with Gasteiger partial charge in [-0.3, -0.25) is 23.9 Å². The van der Waals surface area contributed by atoms with Gasteiger partial charge in [-0.1, -0.05) is 63.3 Å². The molecule has 3 heterocycles. The van der Waals surface area contributed by atoms with Crippen LogP contribution in [0.25, 0.3) is 22.2 Å². The van der Waals surface area contributed by atoms with Crippen LogP contribution in [0, 0.1) is 11.3 Å². The van der Waals surface area contributed by atoms with Crippen LogP contribution in [0.3, 0.4) is 0 Å². The van der Waals surface area contributed by atoms with Crippen molar-refractivity contribution in [3.63, 3.8) is 0 Å². The summed E-state index contributed by atoms with van der Waals surface area (Å²) in [4.78, 5) is 62.3. The number of carbonyl (C=O) groups is 4. The molecule has 0 radical (unpaired) electrons. The third kappa shape index (κ3) is 7.66. The van der Waals surface area contributed by atoms with Crippen LogP contribution in [0.1, 0.15) is 65.7 Å². The van der Waals surface area contributed by atoms with E-state index in [-0.39, 0.29) is 31.7 Å². The van der Waals surface area contributed by atoms with Crippen LogP contribution in [0.2, 0.25) is 0 Å². The Morgan fingerprint density at radius 3 is 2.52 bits per heavy atom. The van der Waals surface area contributed by atoms with Crippen molar-refractivity contribution in [2.24, 2.45) is 11.3 Å². The highest BCUT2D eigenvalue weighted by Crippen LogP contribution is 2.46. The number of hydrogen-bond donors (Lipinski definition) is 3. The smallest absolute Gasteiger partial charge is 0.259 e. The number of methoxy groups -OCH3 is 1. The molecule has 4 aliphatic rings. The first kappa shape index (κ1) is 37.3. The van der Waals surface area contributed by atoms with Crippen molar-refractivity contribution in [2.75, 3.05) is 13.7 Å². The molecule has 2 aliphatic carbocycles. The molecule has 3 fully saturated rings. The maximum absolute atomic E-state index is 14.6. The Hall–Kier alpha value is -4.98. The second-order valence-corrected chi connectivity index (χ2v) is 17.8. The predicted octanol–water partition coefficient (Wildman–Crippen LogP) is 4.01. The number of sulfonamides is 1. The number of aromatic nitrogens is 1. The number of carbonyl (C=O) groups excluding carboxylic acids is 4. The number of ether oxygens (including phenoxy) is 2. The monoisotopic (exact) mass is 757 g/mol. The fraction of sp³-hybridized carbons (Fsp3) is 0.475. The molecule has 2 aromatic carbocycles. The van der Waals surface area contributed by atoms with Gasteiger partial charge in [0.1, 0.15) is 35.2 Å². The summed E-state index contributed by atoms with van der Waals surface area (Å²) in [5.41, 5.74) is -0.0722. The zero-order valence-corrected chi connectivity index (χ0v) is 31.8. The number of benzene rings is 2. The van der Waals surface area contributed by atoms with Crippen LogP contribution in [-0.4, -0.2) is 84.6 Å². The van der Waals surface area contributed by atoms with Gasteiger partial charge in [-0.05, 0) is 49.7 Å². The lowest BCUT2D eigenvalue weighted by Gasteiger charge is -2.35. The van der Waals surface area contributed by atoms with Crippen molar-refractivity contribution in [1.29, 1.82) is 0 Å². The number of hydrogen-bond acceptors (Lipinski definition) is 9. The van der Waals surface area contributed by atoms with Crippen LogP contribution in [0.15, 0.2) is 66.7 Å². The fourth-order valence-electron chi connectivity index (χ4n) is 7.37. The number of fused-ring (bicyclic) bond motifs is 3. The first-order chi connectivity index (χ1) is 25.7. The summed E-state index contributed by atoms with van der Waals surface area (Å²) in [5, 5.41) is 5.92. The third-order valence-electron chi connectivity index (χ3n) is 10.7. The zero-order valence-electron chi connectivity index (χ0n) is 31.0. The summed E-state index contributed by atoms with van der Waals surface area (Å²) in [6.45, 7) is 5.56. The van der Waals surface area contributed by atoms with Gasteiger partial charge in [0.15, 0.2) is 0 Å². The Kier molecular flexibility index (Phi) is 9.92. The summed E-state index contributed by atoms with van der Waals surface area (Å²) in [5.74, 6) is -1.48. The average Bonchev–Trinajstić information content (AvgIpc) is 4.06. The molecule has 7 rings (SSSR count). The summed E-state index contributed by atoms with van der Waals surface area (Å²) < 4.78 is 40.1. The largest absolute Gasteiger partial charge is 0.497 e. The topological polar surface area (TPSA) is 173 Å². The summed E-state index contributed by atoms with van der Waals surface area (Å²) in [6.07, 6.45) is 5.40. The molecule has 54 heavy (non-hydrogen) atoms. The number of amides is 4. The molecule has 286 valence electrons. The molecule has 1 saturated heterocycles. The highest BCUT2D eigenvalue weighted by atomic mass is 32.2. The van der Waals surface area contributed by atoms with Crippen molar-refractivity contribution in [1.82, 2.24) is 25.2 Å². The van der Waals surface area contributed by atoms with Crippen molar-refractivity contribution in [3.8, 4) is 22.8 Å². The SMILES string of the molecule is COc1ccc2c(O[C@@H]3C[C@H]4C(=O)N[C@]5(C(=O)NS(=O)(=O)C6CC6)C[C@H]5/C=C\CCCC(=O)N[C@H](C(C)(C)C)C(=O)N4C3)cc(-c3ccccc3)nc2c1. The minimum absolute atomic E-state index is 0.0125. The van der Waals surface area contributed by atoms with E-state index in [1.807, 2.05) is 75.4 Å². The average molecular weight is 758 g/mol. The van der Waals surface area contributed by atoms with Gasteiger partial charge >= 0.3 is 0 Å². The molecule has 0 spiro atoms. The molecule has 0 bridgehead atoms. The molecule has 1 aromatic heterocycles. The second-order valence-electron chi connectivity index (χ2n) is 15.9. The van der Waals surface area contributed by atoms with Crippen LogP contribution in [0.5, 0.6) is 11.5 Å². The lowest BCUT2D eigenvalue weighted by molar-refractivity contribution is -0.144. The van der Waals surface area contributed by atoms with E-state index < -0.39 is 68.1 Å². The number of pyridine rings is 1. The van der Waals surface area contributed by atoms with E-state index in [0.29, 0.717) is 53.8 Å². The van der Waals surface area contributed by atoms with Crippen LogP contribution in [-0.2, 0) is 29.2 Å². The predicted molar refractivity (Wildman–Crippen MR) is 202 cm³/mol. The molecule has 2 saturated carbocycles. The third-order valence-corrected chi connectivity index (χ3v) is 12.5. The minimum Gasteiger partial charge on any atom is -0.497 e. The van der Waals surface area contributed by atoms with Gasteiger partial charge in [0.05, 0.1) is 30.1 Å². The number of allylic oxidation sites excluding steroid dienone is 1. The van der Waals surface area contributed by atoms with E-state index in [9.17, 15) is 27.6 Å². The van der Waals surface area contributed by atoms with Gasteiger partial charge in [0, 0.05) is 41.8 Å². The molecule has 14 heteroatoms. The Labute approximate surface area is 315 Å². The number of rotatable bonds is 7. The number of nitrogens with zero attached hydrogens (tertiary/aromatic N) is 2. The normalized spacial score (nSPS) is 27.0. The van der Waals surface area contributed by atoms with Crippen molar-refractivity contribution in [2.45, 2.75) is 94.7 Å². The Morgan fingerprint density at radius 2 is 1.81 bits per heavy atom. The highest BCUT2D eigenvalue weighted by Gasteiger charge is 2.62. The van der Waals surface area contributed by atoms with Gasteiger partial charge in [-0.2, -0.15) is 0 Å². The van der Waals surface area contributed by atoms with E-state index in [4.69, 9.17) is 14.5 Å². The molecule has 13 nitrogen and oxygen atoms in total. The van der Waals surface area contributed by atoms with Gasteiger partial charge in [0.25, 0.3) is 5.91 Å². The van der Waals surface area contributed by atoms with E-state index in [1.165, 1.54) is 4.90 Å². The van der Waals surface area contributed by atoms with Crippen LogP contribution < -0.4 is 24.8 Å². The molecule has 5 atom stereocenters. The molecular weight excluding hydrogens is 711 g/mol. The second kappa shape index (κ2) is 14.3. The van der Waals surface area contributed by atoms with Gasteiger partial charge in [0.2, 0.25) is 27.7 Å². The quantitative estimate of drug-likeness (QED) is 0.301. The molecule has 3 N–H and O–H groups in total. The zero-order chi connectivity index (χ0) is 38.4. The molecule has 4 amide bonds. The van der Waals surface area contributed by atoms with Gasteiger partial charge < -0.3 is 25.0 Å². The van der Waals surface area contributed by atoms with E-state index in [2.05, 4.69) is 15.4 Å². The first-order valence-electron chi connectivity index (χ1n) is 18.5. The lowest BCUT2D eigenvalue weighted by Crippen LogP contribution is -2.60. The Balaban J connectivity index is 1.24. The van der Waals surface area contributed by atoms with E-state index >= 15 is 0 Å². The van der Waals surface area contributed by atoms with E-state index in [0.717, 1.165) is 5.56 Å². The highest BCUT2D eigenvalue weighted by molar-refractivity contribution is 7.91. The first-order valence-corrected chi connectivity index (χ1v) is 20.1.